The Morgan fingerprint density at radius 3 is 2.50 bits per heavy atom. The molecule has 4 nitrogen and oxygen atoms in total. The van der Waals surface area contributed by atoms with Gasteiger partial charge in [-0.25, -0.2) is 0 Å². The second kappa shape index (κ2) is 4.81. The first kappa shape index (κ1) is 12.4. The van der Waals surface area contributed by atoms with E-state index in [0.717, 1.165) is 23.0 Å². The third kappa shape index (κ3) is 2.05. The van der Waals surface area contributed by atoms with Gasteiger partial charge in [0, 0.05) is 29.4 Å². The van der Waals surface area contributed by atoms with E-state index >= 15 is 0 Å². The van der Waals surface area contributed by atoms with Crippen LogP contribution in [0.3, 0.4) is 0 Å². The smallest absolute Gasteiger partial charge is 0.270 e. The molecule has 0 aliphatic heterocycles. The lowest BCUT2D eigenvalue weighted by Crippen LogP contribution is -1.93. The second-order valence-electron chi connectivity index (χ2n) is 4.71. The summed E-state index contributed by atoms with van der Waals surface area (Å²) in [4.78, 5) is 10.4. The second-order valence-corrected chi connectivity index (χ2v) is 4.71. The Morgan fingerprint density at radius 1 is 1.10 bits per heavy atom. The molecule has 20 heavy (non-hydrogen) atoms. The molecule has 3 rings (SSSR count). The van der Waals surface area contributed by atoms with Gasteiger partial charge in [-0.3, -0.25) is 10.1 Å². The Balaban J connectivity index is 2.09. The summed E-state index contributed by atoms with van der Waals surface area (Å²) in [5.41, 5.74) is 3.45. The van der Waals surface area contributed by atoms with E-state index < -0.39 is 0 Å². The zero-order chi connectivity index (χ0) is 14.1. The van der Waals surface area contributed by atoms with Crippen LogP contribution in [0.2, 0.25) is 0 Å². The highest BCUT2D eigenvalue weighted by Gasteiger charge is 2.09. The summed E-state index contributed by atoms with van der Waals surface area (Å²) in [6, 6.07) is 15.2. The van der Waals surface area contributed by atoms with Gasteiger partial charge >= 0.3 is 0 Å². The summed E-state index contributed by atoms with van der Waals surface area (Å²) in [6.07, 6.45) is 2.95. The number of rotatable bonds is 3. The minimum atomic E-state index is -0.368. The van der Waals surface area contributed by atoms with Gasteiger partial charge in [-0.15, -0.1) is 0 Å². The van der Waals surface area contributed by atoms with Gasteiger partial charge in [0.2, 0.25) is 0 Å². The van der Waals surface area contributed by atoms with Gasteiger partial charge in [0.25, 0.3) is 5.69 Å². The van der Waals surface area contributed by atoms with Crippen LogP contribution in [0.5, 0.6) is 0 Å². The zero-order valence-electron chi connectivity index (χ0n) is 11.1. The van der Waals surface area contributed by atoms with Crippen molar-refractivity contribution < 1.29 is 4.92 Å². The highest BCUT2D eigenvalue weighted by Crippen LogP contribution is 2.24. The van der Waals surface area contributed by atoms with Gasteiger partial charge in [0.05, 0.1) is 10.4 Å². The number of benzene rings is 2. The highest BCUT2D eigenvalue weighted by atomic mass is 16.6. The van der Waals surface area contributed by atoms with Crippen LogP contribution >= 0.6 is 0 Å². The van der Waals surface area contributed by atoms with E-state index in [-0.39, 0.29) is 10.6 Å². The maximum atomic E-state index is 10.8. The van der Waals surface area contributed by atoms with Crippen molar-refractivity contribution in [2.24, 2.45) is 0 Å². The van der Waals surface area contributed by atoms with E-state index in [1.54, 1.807) is 18.2 Å². The number of nitro benzene ring substituents is 1. The summed E-state index contributed by atoms with van der Waals surface area (Å²) in [7, 11) is 0. The summed E-state index contributed by atoms with van der Waals surface area (Å²) >= 11 is 0. The topological polar surface area (TPSA) is 48.1 Å². The minimum absolute atomic E-state index is 0.122. The molecule has 1 heterocycles. The lowest BCUT2D eigenvalue weighted by Gasteiger charge is -2.06. The maximum absolute atomic E-state index is 10.8. The van der Waals surface area contributed by atoms with Crippen LogP contribution in [0.15, 0.2) is 54.7 Å². The lowest BCUT2D eigenvalue weighted by molar-refractivity contribution is -0.384. The van der Waals surface area contributed by atoms with Crippen molar-refractivity contribution in [3.63, 3.8) is 0 Å². The van der Waals surface area contributed by atoms with Gasteiger partial charge in [-0.2, -0.15) is 0 Å². The summed E-state index contributed by atoms with van der Waals surface area (Å²) in [5, 5.41) is 11.7. The fourth-order valence-corrected chi connectivity index (χ4v) is 2.36. The minimum Gasteiger partial charge on any atom is -0.317 e. The standard InChI is InChI=1S/C16H14N2O2/c1-2-12-3-5-14(6-4-12)17-10-9-13-11-15(18(19)20)7-8-16(13)17/h3-11H,2H2,1H3. The fraction of sp³-hybridized carbons (Fsp3) is 0.125. The zero-order valence-corrected chi connectivity index (χ0v) is 11.1. The average molecular weight is 266 g/mol. The molecule has 4 heteroatoms. The number of nitro groups is 1. The maximum Gasteiger partial charge on any atom is 0.270 e. The molecule has 0 saturated heterocycles. The van der Waals surface area contributed by atoms with E-state index in [4.69, 9.17) is 0 Å². The average Bonchev–Trinajstić information content (AvgIpc) is 2.90. The quantitative estimate of drug-likeness (QED) is 0.529. The third-order valence-electron chi connectivity index (χ3n) is 3.51. The van der Waals surface area contributed by atoms with Crippen LogP contribution in [0.4, 0.5) is 5.69 Å². The molecule has 0 unspecified atom stereocenters. The molecule has 0 N–H and O–H groups in total. The molecule has 0 bridgehead atoms. The molecule has 0 fully saturated rings. The van der Waals surface area contributed by atoms with Crippen LogP contribution in [0.25, 0.3) is 16.6 Å². The van der Waals surface area contributed by atoms with E-state index in [9.17, 15) is 10.1 Å². The number of aromatic nitrogens is 1. The molecule has 0 atom stereocenters. The number of fused-ring (bicyclic) bond motifs is 1. The number of aryl methyl sites for hydroxylation is 1. The van der Waals surface area contributed by atoms with Crippen molar-refractivity contribution in [2.45, 2.75) is 13.3 Å². The molecule has 0 saturated carbocycles. The molecular formula is C16H14N2O2. The monoisotopic (exact) mass is 266 g/mol. The summed E-state index contributed by atoms with van der Waals surface area (Å²) < 4.78 is 2.04. The Bertz CT molecular complexity index is 773. The molecule has 3 aromatic rings. The van der Waals surface area contributed by atoms with Gasteiger partial charge in [-0.05, 0) is 36.2 Å². The predicted octanol–water partition coefficient (Wildman–Crippen LogP) is 4.10. The van der Waals surface area contributed by atoms with Crippen molar-refractivity contribution in [1.82, 2.24) is 4.57 Å². The Kier molecular flexibility index (Phi) is 2.99. The molecule has 0 aliphatic carbocycles. The molecule has 1 aromatic heterocycles. The van der Waals surface area contributed by atoms with Crippen molar-refractivity contribution in [2.75, 3.05) is 0 Å². The van der Waals surface area contributed by atoms with Crippen LogP contribution in [0.1, 0.15) is 12.5 Å². The Labute approximate surface area is 116 Å². The molecule has 2 aromatic carbocycles. The fourth-order valence-electron chi connectivity index (χ4n) is 2.36. The normalized spacial score (nSPS) is 10.8. The Morgan fingerprint density at radius 2 is 1.85 bits per heavy atom. The molecule has 0 radical (unpaired) electrons. The Hall–Kier alpha value is -2.62. The van der Waals surface area contributed by atoms with Gasteiger partial charge in [-0.1, -0.05) is 19.1 Å². The number of hydrogen-bond donors (Lipinski definition) is 0. The van der Waals surface area contributed by atoms with Gasteiger partial charge in [0.1, 0.15) is 0 Å². The first-order chi connectivity index (χ1) is 9.69. The molecule has 100 valence electrons. The highest BCUT2D eigenvalue weighted by molar-refractivity contribution is 5.84. The number of hydrogen-bond acceptors (Lipinski definition) is 2. The van der Waals surface area contributed by atoms with Crippen molar-refractivity contribution >= 4 is 16.6 Å². The van der Waals surface area contributed by atoms with Crippen molar-refractivity contribution in [3.8, 4) is 5.69 Å². The van der Waals surface area contributed by atoms with E-state index in [1.807, 2.05) is 16.8 Å². The van der Waals surface area contributed by atoms with E-state index in [1.165, 1.54) is 5.56 Å². The largest absolute Gasteiger partial charge is 0.317 e. The summed E-state index contributed by atoms with van der Waals surface area (Å²) in [6.45, 7) is 2.12. The summed E-state index contributed by atoms with van der Waals surface area (Å²) in [5.74, 6) is 0. The molecule has 0 aliphatic rings. The van der Waals surface area contributed by atoms with Crippen LogP contribution in [0, 0.1) is 10.1 Å². The van der Waals surface area contributed by atoms with Gasteiger partial charge in [0.15, 0.2) is 0 Å². The SMILES string of the molecule is CCc1ccc(-n2ccc3cc([N+](=O)[O-])ccc32)cc1. The molecular weight excluding hydrogens is 252 g/mol. The third-order valence-corrected chi connectivity index (χ3v) is 3.51. The lowest BCUT2D eigenvalue weighted by atomic mass is 10.1. The number of non-ortho nitro benzene ring substituents is 1. The first-order valence-electron chi connectivity index (χ1n) is 6.54. The van der Waals surface area contributed by atoms with E-state index in [2.05, 4.69) is 31.2 Å². The van der Waals surface area contributed by atoms with Crippen LogP contribution < -0.4 is 0 Å². The molecule has 0 amide bonds. The van der Waals surface area contributed by atoms with E-state index in [0.29, 0.717) is 0 Å². The first-order valence-corrected chi connectivity index (χ1v) is 6.54. The van der Waals surface area contributed by atoms with Crippen molar-refractivity contribution in [3.05, 3.63) is 70.4 Å². The van der Waals surface area contributed by atoms with Crippen LogP contribution in [-0.4, -0.2) is 9.49 Å². The predicted molar refractivity (Wildman–Crippen MR) is 79.3 cm³/mol. The van der Waals surface area contributed by atoms with Gasteiger partial charge < -0.3 is 4.57 Å². The van der Waals surface area contributed by atoms with Crippen LogP contribution in [-0.2, 0) is 6.42 Å². The number of nitrogens with zero attached hydrogens (tertiary/aromatic N) is 2. The molecule has 0 spiro atoms. The van der Waals surface area contributed by atoms with Crippen molar-refractivity contribution in [1.29, 1.82) is 0 Å².